The number of likely N-dealkylation sites (tertiary alicyclic amines) is 1. The average molecular weight is 345 g/mol. The molecule has 0 bridgehead atoms. The van der Waals surface area contributed by atoms with Crippen molar-refractivity contribution in [2.75, 3.05) is 0 Å². The third-order valence-electron chi connectivity index (χ3n) is 5.12. The van der Waals surface area contributed by atoms with Gasteiger partial charge in [0.15, 0.2) is 0 Å². The first-order chi connectivity index (χ1) is 11.4. The molecule has 0 aromatic heterocycles. The lowest BCUT2D eigenvalue weighted by atomic mass is 9.78. The van der Waals surface area contributed by atoms with Crippen LogP contribution in [0, 0.1) is 0 Å². The fourth-order valence-corrected chi connectivity index (χ4v) is 3.90. The number of hydrogen-bond donors (Lipinski definition) is 0. The first-order valence-corrected chi connectivity index (χ1v) is 8.93. The molecule has 2 rings (SSSR count). The van der Waals surface area contributed by atoms with Crippen LogP contribution in [0.1, 0.15) is 77.2 Å². The van der Waals surface area contributed by atoms with Crippen LogP contribution in [0.25, 0.3) is 0 Å². The zero-order chi connectivity index (χ0) is 19.0. The summed E-state index contributed by atoms with van der Waals surface area (Å²) in [4.78, 5) is 25.8. The van der Waals surface area contributed by atoms with Gasteiger partial charge in [0.1, 0.15) is 6.10 Å². The Labute approximate surface area is 151 Å². The van der Waals surface area contributed by atoms with Crippen LogP contribution in [-0.2, 0) is 14.9 Å². The second-order valence-corrected chi connectivity index (χ2v) is 9.36. The third kappa shape index (κ3) is 4.23. The van der Waals surface area contributed by atoms with E-state index in [4.69, 9.17) is 4.74 Å². The predicted molar refractivity (Wildman–Crippen MR) is 99.6 cm³/mol. The molecule has 1 aliphatic rings. The maximum atomic E-state index is 12.5. The summed E-state index contributed by atoms with van der Waals surface area (Å²) in [6, 6.07) is 7.64. The highest BCUT2D eigenvalue weighted by Gasteiger charge is 2.46. The van der Waals surface area contributed by atoms with Crippen molar-refractivity contribution in [3.05, 3.63) is 35.4 Å². The molecule has 1 aromatic rings. The molecule has 0 atom stereocenters. The highest BCUT2D eigenvalue weighted by atomic mass is 16.5. The van der Waals surface area contributed by atoms with Gasteiger partial charge in [-0.1, -0.05) is 32.9 Å². The van der Waals surface area contributed by atoms with E-state index in [9.17, 15) is 9.59 Å². The Kier molecular flexibility index (Phi) is 5.04. The number of carbonyl (C=O) groups excluding carboxylic acids is 2. The van der Waals surface area contributed by atoms with Gasteiger partial charge in [0.2, 0.25) is 6.41 Å². The Morgan fingerprint density at radius 1 is 1.08 bits per heavy atom. The van der Waals surface area contributed by atoms with Gasteiger partial charge >= 0.3 is 5.97 Å². The summed E-state index contributed by atoms with van der Waals surface area (Å²) in [5.41, 5.74) is 1.12. The van der Waals surface area contributed by atoms with Crippen LogP contribution in [0.2, 0.25) is 0 Å². The molecule has 1 heterocycles. The summed E-state index contributed by atoms with van der Waals surface area (Å²) in [6.07, 6.45) is 1.99. The van der Waals surface area contributed by atoms with Crippen LogP contribution < -0.4 is 0 Å². The van der Waals surface area contributed by atoms with Crippen molar-refractivity contribution in [1.82, 2.24) is 4.90 Å². The Morgan fingerprint density at radius 2 is 1.56 bits per heavy atom. The van der Waals surface area contributed by atoms with E-state index < -0.39 is 0 Å². The second-order valence-electron chi connectivity index (χ2n) is 9.36. The predicted octanol–water partition coefficient (Wildman–Crippen LogP) is 4.32. The number of amides is 1. The number of benzene rings is 1. The Morgan fingerprint density at radius 3 is 1.96 bits per heavy atom. The monoisotopic (exact) mass is 345 g/mol. The number of ether oxygens (including phenoxy) is 1. The van der Waals surface area contributed by atoms with Crippen molar-refractivity contribution >= 4 is 12.4 Å². The fraction of sp³-hybridized carbons (Fsp3) is 0.619. The molecule has 4 nitrogen and oxygen atoms in total. The fourth-order valence-electron chi connectivity index (χ4n) is 3.90. The number of esters is 1. The minimum Gasteiger partial charge on any atom is -0.459 e. The molecule has 0 spiro atoms. The molecule has 1 aliphatic heterocycles. The van der Waals surface area contributed by atoms with E-state index in [1.54, 1.807) is 0 Å². The van der Waals surface area contributed by atoms with Gasteiger partial charge in [-0.15, -0.1) is 0 Å². The lowest BCUT2D eigenvalue weighted by Gasteiger charge is -2.53. The molecule has 4 heteroatoms. The number of nitrogens with zero attached hydrogens (tertiary/aromatic N) is 1. The summed E-state index contributed by atoms with van der Waals surface area (Å²) in [7, 11) is 0. The van der Waals surface area contributed by atoms with Gasteiger partial charge in [0.25, 0.3) is 0 Å². The molecular weight excluding hydrogens is 314 g/mol. The maximum absolute atomic E-state index is 12.5. The molecular formula is C21H31NO3. The van der Waals surface area contributed by atoms with Gasteiger partial charge in [-0.2, -0.15) is 0 Å². The van der Waals surface area contributed by atoms with Crippen LogP contribution in [0.15, 0.2) is 24.3 Å². The van der Waals surface area contributed by atoms with Gasteiger partial charge in [-0.3, -0.25) is 4.79 Å². The molecule has 1 saturated heterocycles. The lowest BCUT2D eigenvalue weighted by Crippen LogP contribution is -2.61. The standard InChI is InChI=1S/C21H31NO3/c1-19(2,3)16-10-8-15(9-11-16)18(24)25-17-12-20(4,5)22(14-23)21(6,7)13-17/h8-11,14,17H,12-13H2,1-7H3. The smallest absolute Gasteiger partial charge is 0.338 e. The van der Waals surface area contributed by atoms with E-state index in [0.29, 0.717) is 18.4 Å². The Bertz CT molecular complexity index is 620. The summed E-state index contributed by atoms with van der Waals surface area (Å²) in [6.45, 7) is 14.5. The van der Waals surface area contributed by atoms with E-state index in [-0.39, 0.29) is 28.6 Å². The quantitative estimate of drug-likeness (QED) is 0.605. The summed E-state index contributed by atoms with van der Waals surface area (Å²) in [5, 5.41) is 0. The van der Waals surface area contributed by atoms with Crippen molar-refractivity contribution in [3.8, 4) is 0 Å². The summed E-state index contributed by atoms with van der Waals surface area (Å²) < 4.78 is 5.79. The molecule has 138 valence electrons. The number of rotatable bonds is 3. The van der Waals surface area contributed by atoms with Crippen LogP contribution in [0.4, 0.5) is 0 Å². The van der Waals surface area contributed by atoms with Gasteiger partial charge in [-0.05, 0) is 50.8 Å². The normalized spacial score (nSPS) is 20.2. The first kappa shape index (κ1) is 19.5. The van der Waals surface area contributed by atoms with E-state index in [1.165, 1.54) is 5.56 Å². The number of piperidine rings is 1. The zero-order valence-corrected chi connectivity index (χ0v) is 16.6. The van der Waals surface area contributed by atoms with Gasteiger partial charge < -0.3 is 9.64 Å². The lowest BCUT2D eigenvalue weighted by molar-refractivity contribution is -0.140. The van der Waals surface area contributed by atoms with E-state index in [2.05, 4.69) is 20.8 Å². The summed E-state index contributed by atoms with van der Waals surface area (Å²) >= 11 is 0. The molecule has 1 aromatic carbocycles. The molecule has 25 heavy (non-hydrogen) atoms. The van der Waals surface area contributed by atoms with Gasteiger partial charge in [-0.25, -0.2) is 4.79 Å². The summed E-state index contributed by atoms with van der Waals surface area (Å²) in [5.74, 6) is -0.295. The molecule has 0 unspecified atom stereocenters. The average Bonchev–Trinajstić information content (AvgIpc) is 2.44. The van der Waals surface area contributed by atoms with Crippen LogP contribution in [0.5, 0.6) is 0 Å². The van der Waals surface area contributed by atoms with E-state index >= 15 is 0 Å². The molecule has 0 radical (unpaired) electrons. The molecule has 0 aliphatic carbocycles. The van der Waals surface area contributed by atoms with Crippen LogP contribution in [-0.4, -0.2) is 34.5 Å². The van der Waals surface area contributed by atoms with E-state index in [1.807, 2.05) is 56.9 Å². The number of carbonyl (C=O) groups is 2. The van der Waals surface area contributed by atoms with Gasteiger partial charge in [0, 0.05) is 23.9 Å². The van der Waals surface area contributed by atoms with Crippen molar-refractivity contribution < 1.29 is 14.3 Å². The molecule has 1 amide bonds. The van der Waals surface area contributed by atoms with Crippen molar-refractivity contribution in [2.45, 2.75) is 83.9 Å². The minimum absolute atomic E-state index is 0.0537. The molecule has 1 fully saturated rings. The molecule has 0 N–H and O–H groups in total. The van der Waals surface area contributed by atoms with Crippen LogP contribution >= 0.6 is 0 Å². The van der Waals surface area contributed by atoms with Crippen molar-refractivity contribution in [2.24, 2.45) is 0 Å². The first-order valence-electron chi connectivity index (χ1n) is 8.93. The Hall–Kier alpha value is -1.84. The van der Waals surface area contributed by atoms with E-state index in [0.717, 1.165) is 6.41 Å². The molecule has 0 saturated carbocycles. The topological polar surface area (TPSA) is 46.6 Å². The largest absolute Gasteiger partial charge is 0.459 e. The minimum atomic E-state index is -0.343. The third-order valence-corrected chi connectivity index (χ3v) is 5.12. The van der Waals surface area contributed by atoms with Crippen LogP contribution in [0.3, 0.4) is 0 Å². The highest BCUT2D eigenvalue weighted by Crippen LogP contribution is 2.38. The highest BCUT2D eigenvalue weighted by molar-refractivity contribution is 5.89. The van der Waals surface area contributed by atoms with Gasteiger partial charge in [0.05, 0.1) is 5.56 Å². The number of hydrogen-bond acceptors (Lipinski definition) is 3. The zero-order valence-electron chi connectivity index (χ0n) is 16.6. The Balaban J connectivity index is 2.12. The SMILES string of the molecule is CC(C)(C)c1ccc(C(=O)OC2CC(C)(C)N(C=O)C(C)(C)C2)cc1. The van der Waals surface area contributed by atoms with Crippen molar-refractivity contribution in [3.63, 3.8) is 0 Å². The second kappa shape index (κ2) is 6.47. The maximum Gasteiger partial charge on any atom is 0.338 e. The van der Waals surface area contributed by atoms with Crippen molar-refractivity contribution in [1.29, 1.82) is 0 Å².